The van der Waals surface area contributed by atoms with E-state index in [1.165, 1.54) is 44.1 Å². The SMILES string of the molecule is CC1=C(CC/C(C)=C/CN=[N+]=[N-])[C@@]2(C)CCCC(C)(C)[C@@H]2CC1. The van der Waals surface area contributed by atoms with Crippen LogP contribution in [0.3, 0.4) is 0 Å². The standard InChI is InChI=1S/C20H33N3/c1-15(11-14-22-23-21)7-9-17-16(2)8-10-18-19(3,4)12-6-13-20(17,18)5/h11,18H,6-10,12-14H2,1-5H3/b15-11+/t18-,20+/m0/s1. The zero-order valence-electron chi connectivity index (χ0n) is 15.7. The van der Waals surface area contributed by atoms with Crippen LogP contribution >= 0.6 is 0 Å². The molecule has 2 rings (SSSR count). The van der Waals surface area contributed by atoms with E-state index in [0.717, 1.165) is 12.3 Å². The predicted molar refractivity (Wildman–Crippen MR) is 98.2 cm³/mol. The molecule has 1 saturated carbocycles. The lowest BCUT2D eigenvalue weighted by Crippen LogP contribution is -2.45. The largest absolute Gasteiger partial charge is 0.0899 e. The summed E-state index contributed by atoms with van der Waals surface area (Å²) in [5.74, 6) is 0.829. The van der Waals surface area contributed by atoms with Gasteiger partial charge in [-0.05, 0) is 74.7 Å². The van der Waals surface area contributed by atoms with Crippen LogP contribution in [0.4, 0.5) is 0 Å². The normalized spacial score (nSPS) is 30.7. The first-order chi connectivity index (χ1) is 10.8. The molecule has 0 heterocycles. The summed E-state index contributed by atoms with van der Waals surface area (Å²) in [4.78, 5) is 2.82. The summed E-state index contributed by atoms with van der Waals surface area (Å²) in [6.07, 6.45) is 11.1. The van der Waals surface area contributed by atoms with Crippen LogP contribution in [0, 0.1) is 16.7 Å². The predicted octanol–water partition coefficient (Wildman–Crippen LogP) is 6.97. The van der Waals surface area contributed by atoms with Crippen LogP contribution in [0.5, 0.6) is 0 Å². The minimum Gasteiger partial charge on any atom is -0.0899 e. The maximum Gasteiger partial charge on any atom is 0.0442 e. The highest BCUT2D eigenvalue weighted by Crippen LogP contribution is 2.60. The molecule has 0 bridgehead atoms. The van der Waals surface area contributed by atoms with Gasteiger partial charge in [0.25, 0.3) is 0 Å². The van der Waals surface area contributed by atoms with Crippen molar-refractivity contribution in [2.45, 2.75) is 79.6 Å². The van der Waals surface area contributed by atoms with Crippen molar-refractivity contribution in [1.82, 2.24) is 0 Å². The highest BCUT2D eigenvalue weighted by atomic mass is 15.1. The molecule has 2 atom stereocenters. The molecule has 3 heteroatoms. The first-order valence-electron chi connectivity index (χ1n) is 9.17. The Kier molecular flexibility index (Phi) is 5.62. The monoisotopic (exact) mass is 315 g/mol. The Labute approximate surface area is 141 Å². The average Bonchev–Trinajstić information content (AvgIpc) is 2.45. The molecule has 0 unspecified atom stereocenters. The molecule has 0 N–H and O–H groups in total. The summed E-state index contributed by atoms with van der Waals surface area (Å²) < 4.78 is 0. The van der Waals surface area contributed by atoms with Crippen LogP contribution in [0.25, 0.3) is 10.4 Å². The molecule has 3 nitrogen and oxygen atoms in total. The van der Waals surface area contributed by atoms with Crippen molar-refractivity contribution in [2.24, 2.45) is 21.9 Å². The van der Waals surface area contributed by atoms with Crippen molar-refractivity contribution in [1.29, 1.82) is 0 Å². The number of nitrogens with zero attached hydrogens (tertiary/aromatic N) is 3. The second-order valence-corrected chi connectivity index (χ2v) is 8.57. The fraction of sp³-hybridized carbons (Fsp3) is 0.800. The number of hydrogen-bond acceptors (Lipinski definition) is 1. The summed E-state index contributed by atoms with van der Waals surface area (Å²) in [6.45, 7) is 12.5. The molecule has 1 fully saturated rings. The molecule has 0 aromatic carbocycles. The fourth-order valence-electron chi connectivity index (χ4n) is 5.35. The molecule has 0 aliphatic heterocycles. The van der Waals surface area contributed by atoms with Gasteiger partial charge in [-0.2, -0.15) is 0 Å². The second-order valence-electron chi connectivity index (χ2n) is 8.57. The highest BCUT2D eigenvalue weighted by molar-refractivity contribution is 5.28. The first kappa shape index (κ1) is 18.1. The summed E-state index contributed by atoms with van der Waals surface area (Å²) in [5.41, 5.74) is 14.0. The third-order valence-corrected chi connectivity index (χ3v) is 6.60. The molecule has 0 aromatic rings. The number of allylic oxidation sites excluding steroid dienone is 3. The number of fused-ring (bicyclic) bond motifs is 1. The zero-order valence-corrected chi connectivity index (χ0v) is 15.7. The molecule has 0 saturated heterocycles. The molecule has 2 aliphatic carbocycles. The van der Waals surface area contributed by atoms with Crippen LogP contribution in [0.1, 0.15) is 79.6 Å². The molecule has 0 aromatic heterocycles. The van der Waals surface area contributed by atoms with Gasteiger partial charge in [0.1, 0.15) is 0 Å². The number of hydrogen-bond donors (Lipinski definition) is 0. The number of azide groups is 1. The van der Waals surface area contributed by atoms with Gasteiger partial charge in [-0.3, -0.25) is 0 Å². The van der Waals surface area contributed by atoms with E-state index in [1.807, 2.05) is 0 Å². The van der Waals surface area contributed by atoms with Crippen LogP contribution in [-0.4, -0.2) is 6.54 Å². The highest BCUT2D eigenvalue weighted by Gasteiger charge is 2.49. The van der Waals surface area contributed by atoms with Gasteiger partial charge in [0.15, 0.2) is 0 Å². The Morgan fingerprint density at radius 1 is 1.35 bits per heavy atom. The Hall–Kier alpha value is -1.21. The van der Waals surface area contributed by atoms with Gasteiger partial charge >= 0.3 is 0 Å². The Bertz CT molecular complexity index is 549. The molecular weight excluding hydrogens is 282 g/mol. The van der Waals surface area contributed by atoms with Gasteiger partial charge in [-0.1, -0.05) is 55.1 Å². The maximum atomic E-state index is 8.38. The van der Waals surface area contributed by atoms with E-state index in [0.29, 0.717) is 17.4 Å². The van der Waals surface area contributed by atoms with Crippen molar-refractivity contribution < 1.29 is 0 Å². The van der Waals surface area contributed by atoms with Crippen LogP contribution < -0.4 is 0 Å². The lowest BCUT2D eigenvalue weighted by molar-refractivity contribution is 0.0105. The van der Waals surface area contributed by atoms with E-state index < -0.39 is 0 Å². The van der Waals surface area contributed by atoms with Crippen molar-refractivity contribution >= 4 is 0 Å². The molecule has 23 heavy (non-hydrogen) atoms. The van der Waals surface area contributed by atoms with E-state index in [4.69, 9.17) is 5.53 Å². The Balaban J connectivity index is 2.16. The van der Waals surface area contributed by atoms with Crippen molar-refractivity contribution in [3.8, 4) is 0 Å². The minimum atomic E-state index is 0.398. The quantitative estimate of drug-likeness (QED) is 0.228. The van der Waals surface area contributed by atoms with Crippen molar-refractivity contribution in [3.63, 3.8) is 0 Å². The van der Waals surface area contributed by atoms with Gasteiger partial charge in [0, 0.05) is 11.5 Å². The molecule has 128 valence electrons. The summed E-state index contributed by atoms with van der Waals surface area (Å²) in [7, 11) is 0. The Morgan fingerprint density at radius 3 is 2.78 bits per heavy atom. The van der Waals surface area contributed by atoms with Crippen LogP contribution in [0.15, 0.2) is 27.9 Å². The summed E-state index contributed by atoms with van der Waals surface area (Å²) in [6, 6.07) is 0. The fourth-order valence-corrected chi connectivity index (χ4v) is 5.35. The van der Waals surface area contributed by atoms with Gasteiger partial charge in [-0.15, -0.1) is 0 Å². The third kappa shape index (κ3) is 3.83. The average molecular weight is 316 g/mol. The minimum absolute atomic E-state index is 0.398. The van der Waals surface area contributed by atoms with Crippen LogP contribution in [0.2, 0.25) is 0 Å². The molecule has 0 radical (unpaired) electrons. The number of rotatable bonds is 5. The van der Waals surface area contributed by atoms with E-state index in [2.05, 4.69) is 50.7 Å². The molecule has 0 spiro atoms. The van der Waals surface area contributed by atoms with E-state index in [1.54, 1.807) is 11.1 Å². The van der Waals surface area contributed by atoms with Crippen molar-refractivity contribution in [3.05, 3.63) is 33.2 Å². The maximum absolute atomic E-state index is 8.38. The summed E-state index contributed by atoms with van der Waals surface area (Å²) in [5, 5.41) is 3.61. The second kappa shape index (κ2) is 7.13. The zero-order chi connectivity index (χ0) is 17.1. The van der Waals surface area contributed by atoms with Gasteiger partial charge in [0.2, 0.25) is 0 Å². The van der Waals surface area contributed by atoms with E-state index in [9.17, 15) is 0 Å². The van der Waals surface area contributed by atoms with Crippen LogP contribution in [-0.2, 0) is 0 Å². The first-order valence-corrected chi connectivity index (χ1v) is 9.17. The molecule has 0 amide bonds. The lowest BCUT2D eigenvalue weighted by atomic mass is 9.50. The van der Waals surface area contributed by atoms with Gasteiger partial charge in [-0.25, -0.2) is 0 Å². The van der Waals surface area contributed by atoms with Gasteiger partial charge in [0.05, 0.1) is 0 Å². The van der Waals surface area contributed by atoms with Crippen molar-refractivity contribution in [2.75, 3.05) is 6.54 Å². The molecule has 2 aliphatic rings. The lowest BCUT2D eigenvalue weighted by Gasteiger charge is -2.55. The topological polar surface area (TPSA) is 48.8 Å². The molecular formula is C20H33N3. The smallest absolute Gasteiger partial charge is 0.0442 e. The van der Waals surface area contributed by atoms with Gasteiger partial charge < -0.3 is 0 Å². The van der Waals surface area contributed by atoms with E-state index in [-0.39, 0.29) is 0 Å². The van der Waals surface area contributed by atoms with E-state index >= 15 is 0 Å². The third-order valence-electron chi connectivity index (χ3n) is 6.60. The Morgan fingerprint density at radius 2 is 2.09 bits per heavy atom. The summed E-state index contributed by atoms with van der Waals surface area (Å²) >= 11 is 0.